The van der Waals surface area contributed by atoms with Gasteiger partial charge >= 0.3 is 0 Å². The first-order valence-corrected chi connectivity index (χ1v) is 10.9. The Labute approximate surface area is 167 Å². The highest BCUT2D eigenvalue weighted by Crippen LogP contribution is 2.22. The Morgan fingerprint density at radius 2 is 1.54 bits per heavy atom. The lowest BCUT2D eigenvalue weighted by Gasteiger charge is -2.33. The Morgan fingerprint density at radius 3 is 2.18 bits per heavy atom. The van der Waals surface area contributed by atoms with Gasteiger partial charge in [0, 0.05) is 31.9 Å². The van der Waals surface area contributed by atoms with E-state index in [9.17, 15) is 13.2 Å². The Morgan fingerprint density at radius 1 is 0.929 bits per heavy atom. The quantitative estimate of drug-likeness (QED) is 0.836. The summed E-state index contributed by atoms with van der Waals surface area (Å²) in [6.07, 6.45) is 0. The van der Waals surface area contributed by atoms with Gasteiger partial charge in [-0.2, -0.15) is 4.31 Å². The molecule has 0 aliphatic carbocycles. The van der Waals surface area contributed by atoms with E-state index in [4.69, 9.17) is 0 Å². The third-order valence-corrected chi connectivity index (χ3v) is 7.04. The Hall–Kier alpha value is -2.22. The fraction of sp³-hybridized carbons (Fsp3) is 0.381. The molecule has 0 saturated carbocycles. The second-order valence-electron chi connectivity index (χ2n) is 7.36. The Bertz CT molecular complexity index is 947. The number of aryl methyl sites for hydroxylation is 3. The SMILES string of the molecule is Cc1ccc(NC(=O)CN2CCN(S(=O)(=O)c3cc(C)ccc3C)CC2)cc1. The molecule has 1 aliphatic heterocycles. The van der Waals surface area contributed by atoms with Crippen molar-refractivity contribution in [2.24, 2.45) is 0 Å². The van der Waals surface area contributed by atoms with Gasteiger partial charge in [-0.3, -0.25) is 9.69 Å². The lowest BCUT2D eigenvalue weighted by atomic mass is 10.2. The second kappa shape index (κ2) is 8.43. The summed E-state index contributed by atoms with van der Waals surface area (Å²) < 4.78 is 27.5. The van der Waals surface area contributed by atoms with Gasteiger partial charge in [-0.05, 0) is 50.1 Å². The molecule has 1 saturated heterocycles. The van der Waals surface area contributed by atoms with Crippen molar-refractivity contribution in [1.29, 1.82) is 0 Å². The molecule has 0 aromatic heterocycles. The van der Waals surface area contributed by atoms with E-state index in [1.807, 2.05) is 62.1 Å². The van der Waals surface area contributed by atoms with Gasteiger partial charge in [0.25, 0.3) is 0 Å². The first-order chi connectivity index (χ1) is 13.3. The van der Waals surface area contributed by atoms with E-state index in [0.717, 1.165) is 22.4 Å². The molecule has 0 bridgehead atoms. The molecule has 0 radical (unpaired) electrons. The van der Waals surface area contributed by atoms with Gasteiger partial charge in [-0.25, -0.2) is 8.42 Å². The van der Waals surface area contributed by atoms with Crippen LogP contribution in [0, 0.1) is 20.8 Å². The van der Waals surface area contributed by atoms with Crippen molar-refractivity contribution in [3.05, 3.63) is 59.2 Å². The monoisotopic (exact) mass is 401 g/mol. The summed E-state index contributed by atoms with van der Waals surface area (Å²) in [6, 6.07) is 13.1. The lowest BCUT2D eigenvalue weighted by molar-refractivity contribution is -0.117. The molecule has 0 unspecified atom stereocenters. The molecular formula is C21H27N3O3S. The van der Waals surface area contributed by atoms with Crippen LogP contribution in [0.4, 0.5) is 5.69 Å². The number of piperazine rings is 1. The summed E-state index contributed by atoms with van der Waals surface area (Å²) in [6.45, 7) is 7.79. The fourth-order valence-electron chi connectivity index (χ4n) is 3.29. The summed E-state index contributed by atoms with van der Waals surface area (Å²) in [5.74, 6) is -0.0883. The molecule has 1 aliphatic rings. The van der Waals surface area contributed by atoms with E-state index >= 15 is 0 Å². The van der Waals surface area contributed by atoms with Gasteiger partial charge in [0.1, 0.15) is 0 Å². The molecule has 1 heterocycles. The molecule has 1 N–H and O–H groups in total. The van der Waals surface area contributed by atoms with Crippen LogP contribution in [-0.2, 0) is 14.8 Å². The number of nitrogens with one attached hydrogen (secondary N) is 1. The molecule has 150 valence electrons. The molecule has 1 fully saturated rings. The number of amides is 1. The fourth-order valence-corrected chi connectivity index (χ4v) is 5.02. The van der Waals surface area contributed by atoms with Crippen LogP contribution in [0.3, 0.4) is 0 Å². The largest absolute Gasteiger partial charge is 0.325 e. The predicted octanol–water partition coefficient (Wildman–Crippen LogP) is 2.56. The number of benzene rings is 2. The molecule has 28 heavy (non-hydrogen) atoms. The zero-order valence-corrected chi connectivity index (χ0v) is 17.4. The van der Waals surface area contributed by atoms with Crippen molar-refractivity contribution in [3.63, 3.8) is 0 Å². The third-order valence-electron chi connectivity index (χ3n) is 5.00. The molecule has 0 spiro atoms. The maximum Gasteiger partial charge on any atom is 0.243 e. The Kier molecular flexibility index (Phi) is 6.17. The normalized spacial score (nSPS) is 16.1. The van der Waals surface area contributed by atoms with Crippen LogP contribution in [-0.4, -0.2) is 56.3 Å². The van der Waals surface area contributed by atoms with Gasteiger partial charge in [-0.15, -0.1) is 0 Å². The van der Waals surface area contributed by atoms with Crippen molar-refractivity contribution < 1.29 is 13.2 Å². The maximum absolute atomic E-state index is 13.0. The standard InChI is InChI=1S/C21H27N3O3S/c1-16-5-8-19(9-6-16)22-21(25)15-23-10-12-24(13-11-23)28(26,27)20-14-17(2)4-7-18(20)3/h4-9,14H,10-13,15H2,1-3H3,(H,22,25). The van der Waals surface area contributed by atoms with Crippen LogP contribution in [0.15, 0.2) is 47.4 Å². The van der Waals surface area contributed by atoms with E-state index in [2.05, 4.69) is 5.32 Å². The lowest BCUT2D eigenvalue weighted by Crippen LogP contribution is -2.50. The van der Waals surface area contributed by atoms with Gasteiger partial charge < -0.3 is 5.32 Å². The van der Waals surface area contributed by atoms with E-state index in [1.54, 1.807) is 6.07 Å². The summed E-state index contributed by atoms with van der Waals surface area (Å²) in [4.78, 5) is 14.6. The molecule has 0 atom stereocenters. The van der Waals surface area contributed by atoms with Crippen molar-refractivity contribution in [2.45, 2.75) is 25.7 Å². The first kappa shape index (κ1) is 20.5. The number of carbonyl (C=O) groups excluding carboxylic acids is 1. The molecule has 7 heteroatoms. The number of sulfonamides is 1. The highest BCUT2D eigenvalue weighted by atomic mass is 32.2. The molecule has 2 aromatic rings. The van der Waals surface area contributed by atoms with Crippen LogP contribution in [0.25, 0.3) is 0 Å². The Balaban J connectivity index is 1.57. The minimum absolute atomic E-state index is 0.0883. The number of carbonyl (C=O) groups is 1. The molecule has 6 nitrogen and oxygen atoms in total. The molecule has 3 rings (SSSR count). The number of hydrogen-bond donors (Lipinski definition) is 1. The predicted molar refractivity (Wildman–Crippen MR) is 111 cm³/mol. The summed E-state index contributed by atoms with van der Waals surface area (Å²) in [7, 11) is -3.51. The van der Waals surface area contributed by atoms with Crippen molar-refractivity contribution in [1.82, 2.24) is 9.21 Å². The average Bonchev–Trinajstić information content (AvgIpc) is 2.66. The van der Waals surface area contributed by atoms with Crippen molar-refractivity contribution in [2.75, 3.05) is 38.0 Å². The third kappa shape index (κ3) is 4.79. The topological polar surface area (TPSA) is 69.7 Å². The van der Waals surface area contributed by atoms with Crippen LogP contribution in [0.5, 0.6) is 0 Å². The second-order valence-corrected chi connectivity index (χ2v) is 9.27. The zero-order valence-electron chi connectivity index (χ0n) is 16.6. The number of anilines is 1. The molecular weight excluding hydrogens is 374 g/mol. The van der Waals surface area contributed by atoms with Crippen LogP contribution >= 0.6 is 0 Å². The van der Waals surface area contributed by atoms with Gasteiger partial charge in [0.15, 0.2) is 0 Å². The number of hydrogen-bond acceptors (Lipinski definition) is 4. The van der Waals surface area contributed by atoms with Gasteiger partial charge in [0.05, 0.1) is 11.4 Å². The number of nitrogens with zero attached hydrogens (tertiary/aromatic N) is 2. The smallest absolute Gasteiger partial charge is 0.243 e. The average molecular weight is 402 g/mol. The molecule has 1 amide bonds. The minimum Gasteiger partial charge on any atom is -0.325 e. The summed E-state index contributed by atoms with van der Waals surface area (Å²) in [5.41, 5.74) is 3.59. The van der Waals surface area contributed by atoms with E-state index < -0.39 is 10.0 Å². The van der Waals surface area contributed by atoms with Crippen LogP contribution in [0.2, 0.25) is 0 Å². The van der Waals surface area contributed by atoms with Crippen molar-refractivity contribution >= 4 is 21.6 Å². The van der Waals surface area contributed by atoms with Crippen LogP contribution < -0.4 is 5.32 Å². The minimum atomic E-state index is -3.51. The number of rotatable bonds is 5. The van der Waals surface area contributed by atoms with E-state index in [1.165, 1.54) is 4.31 Å². The van der Waals surface area contributed by atoms with Crippen molar-refractivity contribution in [3.8, 4) is 0 Å². The highest BCUT2D eigenvalue weighted by molar-refractivity contribution is 7.89. The summed E-state index contributed by atoms with van der Waals surface area (Å²) >= 11 is 0. The van der Waals surface area contributed by atoms with E-state index in [-0.39, 0.29) is 12.5 Å². The first-order valence-electron chi connectivity index (χ1n) is 9.42. The van der Waals surface area contributed by atoms with Crippen LogP contribution in [0.1, 0.15) is 16.7 Å². The van der Waals surface area contributed by atoms with Gasteiger partial charge in [-0.1, -0.05) is 29.8 Å². The van der Waals surface area contributed by atoms with E-state index in [0.29, 0.717) is 31.1 Å². The molecule has 2 aromatic carbocycles. The van der Waals surface area contributed by atoms with Gasteiger partial charge in [0.2, 0.25) is 15.9 Å². The highest BCUT2D eigenvalue weighted by Gasteiger charge is 2.30. The summed E-state index contributed by atoms with van der Waals surface area (Å²) in [5, 5.41) is 2.88. The maximum atomic E-state index is 13.0. The zero-order chi connectivity index (χ0) is 20.3.